The van der Waals surface area contributed by atoms with Crippen molar-refractivity contribution in [1.29, 1.82) is 0 Å². The number of esters is 1. The average Bonchev–Trinajstić information content (AvgIpc) is 2.64. The number of para-hydroxylation sites is 1. The number of nitrogens with zero attached hydrogens (tertiary/aromatic N) is 1. The molecule has 25 heavy (non-hydrogen) atoms. The van der Waals surface area contributed by atoms with Crippen LogP contribution in [0.4, 0.5) is 5.69 Å². The lowest BCUT2D eigenvalue weighted by atomic mass is 10.1. The zero-order valence-electron chi connectivity index (χ0n) is 13.9. The van der Waals surface area contributed by atoms with Crippen molar-refractivity contribution in [2.24, 2.45) is 5.92 Å². The summed E-state index contributed by atoms with van der Waals surface area (Å²) in [5.41, 5.74) is 1.70. The van der Waals surface area contributed by atoms with E-state index >= 15 is 0 Å². The highest BCUT2D eigenvalue weighted by Crippen LogP contribution is 2.42. The average molecular weight is 376 g/mol. The Morgan fingerprint density at radius 3 is 2.64 bits per heavy atom. The Bertz CT molecular complexity index is 811. The number of anilines is 1. The molecule has 4 nitrogen and oxygen atoms in total. The number of ether oxygens (including phenoxy) is 1. The predicted molar refractivity (Wildman–Crippen MR) is 99.9 cm³/mol. The van der Waals surface area contributed by atoms with Gasteiger partial charge in [0.05, 0.1) is 25.3 Å². The van der Waals surface area contributed by atoms with Crippen LogP contribution >= 0.6 is 23.4 Å². The van der Waals surface area contributed by atoms with Crippen LogP contribution in [0, 0.1) is 5.92 Å². The topological polar surface area (TPSA) is 46.6 Å². The van der Waals surface area contributed by atoms with Crippen LogP contribution in [-0.2, 0) is 20.9 Å². The number of rotatable bonds is 4. The van der Waals surface area contributed by atoms with Gasteiger partial charge in [0.1, 0.15) is 5.25 Å². The monoisotopic (exact) mass is 375 g/mol. The molecule has 0 aromatic heterocycles. The van der Waals surface area contributed by atoms with E-state index in [0.717, 1.165) is 16.1 Å². The van der Waals surface area contributed by atoms with Gasteiger partial charge in [-0.2, -0.15) is 0 Å². The second-order valence-corrected chi connectivity index (χ2v) is 7.42. The summed E-state index contributed by atoms with van der Waals surface area (Å²) in [4.78, 5) is 27.8. The second kappa shape index (κ2) is 7.50. The summed E-state index contributed by atoms with van der Waals surface area (Å²) in [6, 6.07) is 15.2. The van der Waals surface area contributed by atoms with Crippen molar-refractivity contribution in [2.45, 2.75) is 23.6 Å². The van der Waals surface area contributed by atoms with Crippen molar-refractivity contribution in [2.75, 3.05) is 12.0 Å². The standard InChI is InChI=1S/C19H18ClNO3S/c1-12(19(23)24-2)17-18(22)21(11-13-7-3-4-8-14(13)20)15-9-5-6-10-16(15)25-17/h3-10,12,17H,11H2,1-2H3/t12-,17-/m0/s1. The minimum Gasteiger partial charge on any atom is -0.469 e. The van der Waals surface area contributed by atoms with E-state index in [1.165, 1.54) is 18.9 Å². The molecule has 0 saturated heterocycles. The highest BCUT2D eigenvalue weighted by Gasteiger charge is 2.39. The van der Waals surface area contributed by atoms with Gasteiger partial charge in [-0.1, -0.05) is 48.9 Å². The third kappa shape index (κ3) is 3.53. The van der Waals surface area contributed by atoms with E-state index < -0.39 is 11.2 Å². The Morgan fingerprint density at radius 1 is 1.24 bits per heavy atom. The zero-order chi connectivity index (χ0) is 18.0. The van der Waals surface area contributed by atoms with Crippen LogP contribution in [0.15, 0.2) is 53.4 Å². The Morgan fingerprint density at radius 2 is 1.92 bits per heavy atom. The molecule has 130 valence electrons. The fraction of sp³-hybridized carbons (Fsp3) is 0.263. The molecule has 2 aromatic carbocycles. The Balaban J connectivity index is 1.99. The summed E-state index contributed by atoms with van der Waals surface area (Å²) in [5, 5.41) is 0.0911. The van der Waals surface area contributed by atoms with Gasteiger partial charge in [-0.3, -0.25) is 9.59 Å². The van der Waals surface area contributed by atoms with Gasteiger partial charge < -0.3 is 9.64 Å². The van der Waals surface area contributed by atoms with Crippen LogP contribution in [0.5, 0.6) is 0 Å². The molecule has 0 bridgehead atoms. The van der Waals surface area contributed by atoms with Gasteiger partial charge in [-0.15, -0.1) is 11.8 Å². The van der Waals surface area contributed by atoms with Gasteiger partial charge in [0.15, 0.2) is 0 Å². The molecule has 0 radical (unpaired) electrons. The molecule has 1 aliphatic heterocycles. The maximum Gasteiger partial charge on any atom is 0.310 e. The maximum atomic E-state index is 13.1. The number of hydrogen-bond acceptors (Lipinski definition) is 4. The lowest BCUT2D eigenvalue weighted by molar-refractivity contribution is -0.146. The van der Waals surface area contributed by atoms with Crippen molar-refractivity contribution >= 4 is 40.9 Å². The van der Waals surface area contributed by atoms with Crippen LogP contribution in [-0.4, -0.2) is 24.2 Å². The molecule has 0 fully saturated rings. The van der Waals surface area contributed by atoms with E-state index in [-0.39, 0.29) is 11.9 Å². The Hall–Kier alpha value is -1.98. The molecule has 0 unspecified atom stereocenters. The zero-order valence-corrected chi connectivity index (χ0v) is 15.5. The lowest BCUT2D eigenvalue weighted by Gasteiger charge is -2.35. The fourth-order valence-electron chi connectivity index (χ4n) is 2.82. The quantitative estimate of drug-likeness (QED) is 0.753. The van der Waals surface area contributed by atoms with E-state index in [9.17, 15) is 9.59 Å². The van der Waals surface area contributed by atoms with Gasteiger partial charge in [0, 0.05) is 9.92 Å². The van der Waals surface area contributed by atoms with Gasteiger partial charge in [-0.05, 0) is 23.8 Å². The molecule has 0 saturated carbocycles. The first-order valence-corrected chi connectivity index (χ1v) is 9.17. The number of carbonyl (C=O) groups excluding carboxylic acids is 2. The van der Waals surface area contributed by atoms with Gasteiger partial charge in [-0.25, -0.2) is 0 Å². The first kappa shape index (κ1) is 17.8. The number of benzene rings is 2. The molecule has 0 aliphatic carbocycles. The summed E-state index contributed by atoms with van der Waals surface area (Å²) < 4.78 is 4.83. The summed E-state index contributed by atoms with van der Waals surface area (Å²) in [6.07, 6.45) is 0. The van der Waals surface area contributed by atoms with E-state index in [2.05, 4.69) is 0 Å². The van der Waals surface area contributed by atoms with Crippen LogP contribution in [0.1, 0.15) is 12.5 Å². The number of methoxy groups -OCH3 is 1. The third-order valence-electron chi connectivity index (χ3n) is 4.23. The number of hydrogen-bond donors (Lipinski definition) is 0. The van der Waals surface area contributed by atoms with Gasteiger partial charge >= 0.3 is 5.97 Å². The molecule has 0 N–H and O–H groups in total. The molecule has 2 atom stereocenters. The molecular formula is C19H18ClNO3S. The smallest absolute Gasteiger partial charge is 0.310 e. The highest BCUT2D eigenvalue weighted by atomic mass is 35.5. The number of fused-ring (bicyclic) bond motifs is 1. The predicted octanol–water partition coefficient (Wildman–Crippen LogP) is 4.16. The molecule has 1 heterocycles. The number of thioether (sulfide) groups is 1. The molecular weight excluding hydrogens is 358 g/mol. The summed E-state index contributed by atoms with van der Waals surface area (Å²) >= 11 is 7.68. The SMILES string of the molecule is COC(=O)[C@@H](C)[C@@H]1Sc2ccccc2N(Cc2ccccc2Cl)C1=O. The first-order chi connectivity index (χ1) is 12.0. The van der Waals surface area contributed by atoms with Crippen molar-refractivity contribution in [3.05, 3.63) is 59.1 Å². The normalized spacial score (nSPS) is 17.8. The van der Waals surface area contributed by atoms with Crippen molar-refractivity contribution in [3.63, 3.8) is 0 Å². The fourth-order valence-corrected chi connectivity index (χ4v) is 4.29. The van der Waals surface area contributed by atoms with Crippen molar-refractivity contribution in [3.8, 4) is 0 Å². The Kier molecular flexibility index (Phi) is 5.35. The van der Waals surface area contributed by atoms with Crippen molar-refractivity contribution in [1.82, 2.24) is 0 Å². The van der Waals surface area contributed by atoms with E-state index in [1.807, 2.05) is 42.5 Å². The van der Waals surface area contributed by atoms with E-state index in [0.29, 0.717) is 11.6 Å². The molecule has 6 heteroatoms. The second-order valence-electron chi connectivity index (χ2n) is 5.83. The highest BCUT2D eigenvalue weighted by molar-refractivity contribution is 8.01. The third-order valence-corrected chi connectivity index (χ3v) is 6.06. The van der Waals surface area contributed by atoms with E-state index in [4.69, 9.17) is 16.3 Å². The van der Waals surface area contributed by atoms with Gasteiger partial charge in [0.25, 0.3) is 0 Å². The number of amides is 1. The lowest BCUT2D eigenvalue weighted by Crippen LogP contribution is -2.45. The number of carbonyl (C=O) groups is 2. The van der Waals surface area contributed by atoms with E-state index in [1.54, 1.807) is 17.9 Å². The molecule has 1 aliphatic rings. The summed E-state index contributed by atoms with van der Waals surface area (Å²) in [5.74, 6) is -1.03. The molecule has 1 amide bonds. The van der Waals surface area contributed by atoms with Crippen LogP contribution in [0.3, 0.4) is 0 Å². The summed E-state index contributed by atoms with van der Waals surface area (Å²) in [7, 11) is 1.34. The van der Waals surface area contributed by atoms with Crippen molar-refractivity contribution < 1.29 is 14.3 Å². The number of halogens is 1. The maximum absolute atomic E-state index is 13.1. The summed E-state index contributed by atoms with van der Waals surface area (Å²) in [6.45, 7) is 2.09. The largest absolute Gasteiger partial charge is 0.469 e. The van der Waals surface area contributed by atoms with Crippen LogP contribution in [0.25, 0.3) is 0 Å². The van der Waals surface area contributed by atoms with Crippen LogP contribution in [0.2, 0.25) is 5.02 Å². The van der Waals surface area contributed by atoms with Crippen LogP contribution < -0.4 is 4.90 Å². The molecule has 3 rings (SSSR count). The van der Waals surface area contributed by atoms with Gasteiger partial charge in [0.2, 0.25) is 5.91 Å². The minimum atomic E-state index is -0.537. The minimum absolute atomic E-state index is 0.110. The molecule has 0 spiro atoms. The molecule has 2 aromatic rings. The Labute approximate surface area is 156 Å². The first-order valence-electron chi connectivity index (χ1n) is 7.91.